The van der Waals surface area contributed by atoms with Crippen LogP contribution in [0.4, 0.5) is 14.6 Å². The number of piperidine rings is 2. The van der Waals surface area contributed by atoms with Crippen molar-refractivity contribution in [1.29, 1.82) is 0 Å². The fourth-order valence-electron chi connectivity index (χ4n) is 5.00. The predicted octanol–water partition coefficient (Wildman–Crippen LogP) is 2.88. The number of hydrogen-bond acceptors (Lipinski definition) is 6. The fraction of sp³-hybridized carbons (Fsp3) is 0.476. The van der Waals surface area contributed by atoms with Crippen LogP contribution in [0.1, 0.15) is 31.3 Å². The molecule has 3 fully saturated rings. The number of aromatic nitrogens is 4. The van der Waals surface area contributed by atoms with Crippen LogP contribution in [0.25, 0.3) is 17.2 Å². The van der Waals surface area contributed by atoms with Crippen molar-refractivity contribution < 1.29 is 17.2 Å². The third kappa shape index (κ3) is 4.06. The van der Waals surface area contributed by atoms with Crippen LogP contribution in [-0.2, 0) is 10.0 Å². The van der Waals surface area contributed by atoms with Gasteiger partial charge in [0.15, 0.2) is 5.82 Å². The molecule has 3 atom stereocenters. The van der Waals surface area contributed by atoms with Crippen LogP contribution in [0.3, 0.4) is 0 Å². The molecule has 8 nitrogen and oxygen atoms in total. The molecule has 5 heterocycles. The van der Waals surface area contributed by atoms with Gasteiger partial charge in [-0.25, -0.2) is 36.9 Å². The summed E-state index contributed by atoms with van der Waals surface area (Å²) in [7, 11) is -3.25. The highest BCUT2D eigenvalue weighted by molar-refractivity contribution is 7.88. The van der Waals surface area contributed by atoms with Gasteiger partial charge >= 0.3 is 0 Å². The first-order chi connectivity index (χ1) is 15.3. The third-order valence-electron chi connectivity index (χ3n) is 6.46. The van der Waals surface area contributed by atoms with E-state index in [-0.39, 0.29) is 17.5 Å². The van der Waals surface area contributed by atoms with Crippen LogP contribution in [0.5, 0.6) is 0 Å². The molecule has 0 aromatic carbocycles. The number of imidazole rings is 1. The maximum Gasteiger partial charge on any atom is 0.265 e. The normalized spacial score (nSPS) is 23.4. The highest BCUT2D eigenvalue weighted by Crippen LogP contribution is 2.41. The van der Waals surface area contributed by atoms with Crippen molar-refractivity contribution in [2.75, 3.05) is 24.2 Å². The lowest BCUT2D eigenvalue weighted by Crippen LogP contribution is -2.56. The Morgan fingerprint density at radius 1 is 1.22 bits per heavy atom. The first-order valence-corrected chi connectivity index (χ1v) is 12.5. The molecule has 2 saturated heterocycles. The highest BCUT2D eigenvalue weighted by Gasteiger charge is 2.41. The topological polar surface area (TPSA) is 92.5 Å². The van der Waals surface area contributed by atoms with Gasteiger partial charge in [-0.3, -0.25) is 4.40 Å². The van der Waals surface area contributed by atoms with E-state index in [4.69, 9.17) is 4.98 Å². The van der Waals surface area contributed by atoms with Gasteiger partial charge in [0, 0.05) is 37.1 Å². The van der Waals surface area contributed by atoms with Gasteiger partial charge in [0.2, 0.25) is 10.0 Å². The second-order valence-corrected chi connectivity index (χ2v) is 10.5. The number of fused-ring (bicyclic) bond motifs is 4. The molecule has 0 amide bonds. The van der Waals surface area contributed by atoms with E-state index >= 15 is 0 Å². The van der Waals surface area contributed by atoms with Gasteiger partial charge in [0.05, 0.1) is 12.5 Å². The summed E-state index contributed by atoms with van der Waals surface area (Å²) in [6, 6.07) is 4.95. The molecule has 1 saturated carbocycles. The van der Waals surface area contributed by atoms with E-state index in [1.54, 1.807) is 22.9 Å². The lowest BCUT2D eigenvalue weighted by atomic mass is 9.73. The van der Waals surface area contributed by atoms with E-state index < -0.39 is 16.4 Å². The number of pyridine rings is 1. The van der Waals surface area contributed by atoms with Crippen molar-refractivity contribution in [2.45, 2.75) is 31.7 Å². The number of halogens is 2. The van der Waals surface area contributed by atoms with Gasteiger partial charge in [0.25, 0.3) is 6.43 Å². The minimum absolute atomic E-state index is 0.0949. The molecule has 11 heteroatoms. The molecule has 1 unspecified atom stereocenters. The maximum atomic E-state index is 13.2. The van der Waals surface area contributed by atoms with Gasteiger partial charge in [-0.05, 0) is 49.3 Å². The van der Waals surface area contributed by atoms with Crippen LogP contribution in [0.15, 0.2) is 36.8 Å². The summed E-state index contributed by atoms with van der Waals surface area (Å²) in [5.41, 5.74) is 0.992. The second kappa shape index (κ2) is 8.04. The summed E-state index contributed by atoms with van der Waals surface area (Å²) in [5.74, 6) is 1.86. The van der Waals surface area contributed by atoms with E-state index in [0.717, 1.165) is 31.6 Å². The summed E-state index contributed by atoms with van der Waals surface area (Å²) >= 11 is 0. The lowest BCUT2D eigenvalue weighted by Gasteiger charge is -2.50. The largest absolute Gasteiger partial charge is 0.353 e. The minimum atomic E-state index is -3.25. The molecular weight excluding hydrogens is 438 g/mol. The van der Waals surface area contributed by atoms with E-state index in [1.165, 1.54) is 18.5 Å². The SMILES string of the molecule is CS(=O)(=O)NCC1C[C@@H]2CC[C@@H]1N(c1ccnc(-c3cnc4ccc(C(F)F)cn34)n1)C2. The maximum absolute atomic E-state index is 13.2. The van der Waals surface area contributed by atoms with Crippen molar-refractivity contribution in [2.24, 2.45) is 11.8 Å². The Labute approximate surface area is 184 Å². The van der Waals surface area contributed by atoms with Gasteiger partial charge in [-0.2, -0.15) is 0 Å². The number of sulfonamides is 1. The number of nitrogens with one attached hydrogen (secondary N) is 1. The highest BCUT2D eigenvalue weighted by atomic mass is 32.2. The number of anilines is 1. The Hall–Kier alpha value is -2.66. The monoisotopic (exact) mass is 462 g/mol. The zero-order valence-electron chi connectivity index (χ0n) is 17.5. The molecule has 32 heavy (non-hydrogen) atoms. The molecule has 170 valence electrons. The smallest absolute Gasteiger partial charge is 0.265 e. The van der Waals surface area contributed by atoms with Crippen LogP contribution in [0, 0.1) is 11.8 Å². The Morgan fingerprint density at radius 3 is 2.81 bits per heavy atom. The Morgan fingerprint density at radius 2 is 2.06 bits per heavy atom. The Bertz CT molecular complexity index is 1250. The standard InChI is InChI=1S/C21H24F2N6O2S/c1-32(30,31)26-9-15-8-13-2-4-16(15)28(11-13)19-6-7-24-21(27-19)17-10-25-18-5-3-14(20(22)23)12-29(17)18/h3,5-7,10,12-13,15-16,20,26H,2,4,8-9,11H2,1H3/t13-,15?,16-/m0/s1. The summed E-state index contributed by atoms with van der Waals surface area (Å²) in [6.07, 6.45) is 6.32. The number of rotatable bonds is 6. The number of hydrogen-bond donors (Lipinski definition) is 1. The molecule has 1 aliphatic carbocycles. The summed E-state index contributed by atoms with van der Waals surface area (Å²) in [5, 5.41) is 0. The molecule has 0 radical (unpaired) electrons. The predicted molar refractivity (Wildman–Crippen MR) is 116 cm³/mol. The zero-order chi connectivity index (χ0) is 22.5. The summed E-state index contributed by atoms with van der Waals surface area (Å²) < 4.78 is 53.8. The molecule has 2 aliphatic heterocycles. The number of nitrogens with zero attached hydrogens (tertiary/aromatic N) is 5. The van der Waals surface area contributed by atoms with E-state index in [1.807, 2.05) is 6.07 Å². The molecular formula is C21H24F2N6O2S. The third-order valence-corrected chi connectivity index (χ3v) is 7.15. The van der Waals surface area contributed by atoms with Crippen LogP contribution in [0.2, 0.25) is 0 Å². The van der Waals surface area contributed by atoms with Crippen LogP contribution in [-0.4, -0.2) is 53.2 Å². The molecule has 2 bridgehead atoms. The quantitative estimate of drug-likeness (QED) is 0.606. The Balaban J connectivity index is 1.46. The van der Waals surface area contributed by atoms with Gasteiger partial charge in [-0.15, -0.1) is 0 Å². The van der Waals surface area contributed by atoms with Crippen molar-refractivity contribution in [1.82, 2.24) is 24.1 Å². The Kier molecular flexibility index (Phi) is 5.32. The summed E-state index contributed by atoms with van der Waals surface area (Å²) in [6.45, 7) is 1.28. The van der Waals surface area contributed by atoms with Gasteiger partial charge < -0.3 is 4.90 Å². The van der Waals surface area contributed by atoms with Crippen molar-refractivity contribution in [3.63, 3.8) is 0 Å². The van der Waals surface area contributed by atoms with Crippen molar-refractivity contribution in [3.05, 3.63) is 42.4 Å². The minimum Gasteiger partial charge on any atom is -0.353 e. The zero-order valence-corrected chi connectivity index (χ0v) is 18.3. The average molecular weight is 463 g/mol. The molecule has 3 aromatic heterocycles. The van der Waals surface area contributed by atoms with Gasteiger partial charge in [-0.1, -0.05) is 0 Å². The molecule has 6 rings (SSSR count). The van der Waals surface area contributed by atoms with E-state index in [9.17, 15) is 17.2 Å². The molecule has 3 aromatic rings. The van der Waals surface area contributed by atoms with Crippen LogP contribution < -0.4 is 9.62 Å². The van der Waals surface area contributed by atoms with Crippen molar-refractivity contribution >= 4 is 21.5 Å². The fourth-order valence-corrected chi connectivity index (χ4v) is 5.52. The first kappa shape index (κ1) is 21.2. The van der Waals surface area contributed by atoms with Gasteiger partial charge in [0.1, 0.15) is 17.2 Å². The average Bonchev–Trinajstić information content (AvgIpc) is 3.21. The number of alkyl halides is 2. The molecule has 3 aliphatic rings. The summed E-state index contributed by atoms with van der Waals surface area (Å²) in [4.78, 5) is 15.7. The van der Waals surface area contributed by atoms with Crippen LogP contribution >= 0.6 is 0 Å². The van der Waals surface area contributed by atoms with Crippen molar-refractivity contribution in [3.8, 4) is 11.5 Å². The second-order valence-electron chi connectivity index (χ2n) is 8.65. The molecule has 0 spiro atoms. The van der Waals surface area contributed by atoms with E-state index in [2.05, 4.69) is 19.6 Å². The van der Waals surface area contributed by atoms with E-state index in [0.29, 0.717) is 29.6 Å². The first-order valence-electron chi connectivity index (χ1n) is 10.6. The lowest BCUT2D eigenvalue weighted by molar-refractivity contribution is 0.151. The molecule has 1 N–H and O–H groups in total.